The number of nitrogens with one attached hydrogen (secondary N) is 1. The second-order valence-corrected chi connectivity index (χ2v) is 12.7. The number of aryl methyl sites for hydroxylation is 1. The summed E-state index contributed by atoms with van der Waals surface area (Å²) in [7, 11) is 1.87. The highest BCUT2D eigenvalue weighted by atomic mass is 19.2. The molecule has 3 atom stereocenters. The van der Waals surface area contributed by atoms with Gasteiger partial charge in [0.05, 0.1) is 18.1 Å². The van der Waals surface area contributed by atoms with Crippen molar-refractivity contribution in [1.29, 1.82) is 0 Å². The highest BCUT2D eigenvalue weighted by Crippen LogP contribution is 2.49. The third kappa shape index (κ3) is 5.71. The molecule has 6 rings (SSSR count). The van der Waals surface area contributed by atoms with Crippen LogP contribution in [0.3, 0.4) is 0 Å². The van der Waals surface area contributed by atoms with Crippen molar-refractivity contribution in [2.24, 2.45) is 11.3 Å². The lowest BCUT2D eigenvalue weighted by atomic mass is 9.69. The van der Waals surface area contributed by atoms with Crippen LogP contribution in [0.4, 0.5) is 13.6 Å². The number of nitrogens with zero attached hydrogens (tertiary/aromatic N) is 4. The molecule has 3 heterocycles. The molecule has 3 aliphatic rings. The maximum Gasteiger partial charge on any atom is 0.320 e. The van der Waals surface area contributed by atoms with E-state index in [1.54, 1.807) is 27.9 Å². The number of carbonyl (C=O) groups is 1. The van der Waals surface area contributed by atoms with E-state index in [1.807, 2.05) is 43.1 Å². The Labute approximate surface area is 251 Å². The number of piperidine rings is 2. The van der Waals surface area contributed by atoms with Gasteiger partial charge in [0.2, 0.25) is 0 Å². The van der Waals surface area contributed by atoms with Crippen molar-refractivity contribution >= 4 is 6.03 Å². The van der Waals surface area contributed by atoms with Crippen LogP contribution < -0.4 is 10.9 Å². The maximum absolute atomic E-state index is 15.0. The van der Waals surface area contributed by atoms with E-state index in [2.05, 4.69) is 10.3 Å². The van der Waals surface area contributed by atoms with E-state index >= 15 is 0 Å². The molecule has 2 saturated heterocycles. The van der Waals surface area contributed by atoms with Gasteiger partial charge in [-0.25, -0.2) is 18.6 Å². The molecule has 7 nitrogen and oxygen atoms in total. The van der Waals surface area contributed by atoms with Gasteiger partial charge in [0.25, 0.3) is 5.56 Å². The Bertz CT molecular complexity index is 1540. The Hall–Kier alpha value is -3.59. The summed E-state index contributed by atoms with van der Waals surface area (Å²) in [6.07, 6.45) is 7.96. The number of rotatable bonds is 5. The van der Waals surface area contributed by atoms with Gasteiger partial charge in [-0.2, -0.15) is 0 Å². The molecule has 0 unspecified atom stereocenters. The fraction of sp³-hybridized carbons (Fsp3) is 0.500. The Morgan fingerprint density at radius 2 is 1.86 bits per heavy atom. The lowest BCUT2D eigenvalue weighted by Crippen LogP contribution is -2.57. The predicted octanol–water partition coefficient (Wildman–Crippen LogP) is 5.92. The zero-order chi connectivity index (χ0) is 30.1. The summed E-state index contributed by atoms with van der Waals surface area (Å²) in [5, 5.41) is 3.26. The molecule has 1 aliphatic carbocycles. The van der Waals surface area contributed by atoms with Crippen LogP contribution in [0.1, 0.15) is 62.1 Å². The van der Waals surface area contributed by atoms with Crippen LogP contribution in [0.25, 0.3) is 11.3 Å². The predicted molar refractivity (Wildman–Crippen MR) is 163 cm³/mol. The van der Waals surface area contributed by atoms with Crippen LogP contribution in [0.5, 0.6) is 0 Å². The Kier molecular flexibility index (Phi) is 8.36. The van der Waals surface area contributed by atoms with Gasteiger partial charge in [0.15, 0.2) is 11.6 Å². The Morgan fingerprint density at radius 1 is 1.07 bits per heavy atom. The van der Waals surface area contributed by atoms with E-state index in [1.165, 1.54) is 6.07 Å². The number of likely N-dealkylation sites (tertiary alicyclic amines) is 2. The fourth-order valence-electron chi connectivity index (χ4n) is 7.82. The third-order valence-electron chi connectivity index (χ3n) is 10.3. The monoisotopic (exact) mass is 589 g/mol. The van der Waals surface area contributed by atoms with Crippen molar-refractivity contribution < 1.29 is 13.6 Å². The quantitative estimate of drug-likeness (QED) is 0.401. The molecule has 1 spiro atoms. The molecular formula is C34H41F2N5O2. The van der Waals surface area contributed by atoms with Gasteiger partial charge < -0.3 is 15.1 Å². The molecule has 2 aliphatic heterocycles. The number of halogens is 2. The van der Waals surface area contributed by atoms with Crippen LogP contribution in [-0.4, -0.2) is 58.1 Å². The Balaban J connectivity index is 1.21. The van der Waals surface area contributed by atoms with E-state index in [0.29, 0.717) is 38.3 Å². The zero-order valence-corrected chi connectivity index (χ0v) is 25.1. The second-order valence-electron chi connectivity index (χ2n) is 12.7. The molecular weight excluding hydrogens is 548 g/mol. The van der Waals surface area contributed by atoms with Crippen LogP contribution in [0.15, 0.2) is 59.7 Å². The standard InChI is InChI=1S/C34H41F2N5O2/c1-23-8-3-4-9-26(23)29-19-31(42)40(22-38-29)20-24-12-16-39(21-34(24)14-5-6-15-34)33(43)41-17-13-25(37-2)18-30(41)27-10-7-11-28(35)32(27)36/h3-4,7-11,19,22,24-25,30,37H,5-6,12-18,20-21H2,1-2H3/t24-,25+,30-/m0/s1. The number of carbonyl (C=O) groups excluding carboxylic acids is 1. The van der Waals surface area contributed by atoms with Crippen LogP contribution in [-0.2, 0) is 6.54 Å². The normalized spacial score (nSPS) is 23.6. The van der Waals surface area contributed by atoms with Crippen LogP contribution >= 0.6 is 0 Å². The molecule has 228 valence electrons. The number of aromatic nitrogens is 2. The molecule has 9 heteroatoms. The largest absolute Gasteiger partial charge is 0.324 e. The lowest BCUT2D eigenvalue weighted by molar-refractivity contribution is 0.0205. The van der Waals surface area contributed by atoms with Crippen molar-refractivity contribution in [2.75, 3.05) is 26.7 Å². The fourth-order valence-corrected chi connectivity index (χ4v) is 7.82. The molecule has 43 heavy (non-hydrogen) atoms. The van der Waals surface area contributed by atoms with Crippen LogP contribution in [0.2, 0.25) is 0 Å². The lowest BCUT2D eigenvalue weighted by Gasteiger charge is -2.49. The van der Waals surface area contributed by atoms with Crippen molar-refractivity contribution in [1.82, 2.24) is 24.7 Å². The van der Waals surface area contributed by atoms with Gasteiger partial charge in [-0.05, 0) is 69.0 Å². The summed E-state index contributed by atoms with van der Waals surface area (Å²) in [5.41, 5.74) is 2.81. The first kappa shape index (κ1) is 29.5. The van der Waals surface area contributed by atoms with Crippen molar-refractivity contribution in [3.8, 4) is 11.3 Å². The molecule has 1 saturated carbocycles. The summed E-state index contributed by atoms with van der Waals surface area (Å²) in [5.74, 6) is -1.52. The van der Waals surface area contributed by atoms with E-state index < -0.39 is 17.7 Å². The molecule has 2 aromatic carbocycles. The number of benzene rings is 2. The molecule has 1 N–H and O–H groups in total. The minimum Gasteiger partial charge on any atom is -0.324 e. The number of amides is 2. The van der Waals surface area contributed by atoms with Gasteiger partial charge in [-0.3, -0.25) is 9.36 Å². The minimum absolute atomic E-state index is 0.0627. The van der Waals surface area contributed by atoms with E-state index in [9.17, 15) is 18.4 Å². The summed E-state index contributed by atoms with van der Waals surface area (Å²) >= 11 is 0. The molecule has 0 bridgehead atoms. The first-order chi connectivity index (χ1) is 20.8. The van der Waals surface area contributed by atoms with Crippen molar-refractivity contribution in [3.05, 3.63) is 88.0 Å². The zero-order valence-electron chi connectivity index (χ0n) is 25.1. The highest BCUT2D eigenvalue weighted by Gasteiger charge is 2.48. The SMILES string of the molecule is CN[C@@H]1CCN(C(=O)N2CC[C@@H](Cn3cnc(-c4ccccc4C)cc3=O)C3(CCCC3)C2)[C@H](c2cccc(F)c2F)C1. The highest BCUT2D eigenvalue weighted by molar-refractivity contribution is 5.75. The molecule has 2 amide bonds. The average molecular weight is 590 g/mol. The second kappa shape index (κ2) is 12.2. The molecule has 0 radical (unpaired) electrons. The number of hydrogen-bond acceptors (Lipinski definition) is 4. The van der Waals surface area contributed by atoms with E-state index in [4.69, 9.17) is 0 Å². The minimum atomic E-state index is -0.890. The van der Waals surface area contributed by atoms with Gasteiger partial charge in [0.1, 0.15) is 0 Å². The number of hydrogen-bond donors (Lipinski definition) is 1. The first-order valence-electron chi connectivity index (χ1n) is 15.6. The van der Waals surface area contributed by atoms with E-state index in [0.717, 1.165) is 55.7 Å². The van der Waals surface area contributed by atoms with Gasteiger partial charge >= 0.3 is 6.03 Å². The molecule has 1 aromatic heterocycles. The third-order valence-corrected chi connectivity index (χ3v) is 10.3. The summed E-state index contributed by atoms with van der Waals surface area (Å²) in [6.45, 7) is 4.25. The molecule has 3 aromatic rings. The van der Waals surface area contributed by atoms with Crippen molar-refractivity contribution in [2.45, 2.75) is 70.5 Å². The van der Waals surface area contributed by atoms with Crippen LogP contribution in [0, 0.1) is 29.9 Å². The smallest absolute Gasteiger partial charge is 0.320 e. The van der Waals surface area contributed by atoms with Crippen molar-refractivity contribution in [3.63, 3.8) is 0 Å². The molecule has 3 fully saturated rings. The topological polar surface area (TPSA) is 70.5 Å². The Morgan fingerprint density at radius 3 is 2.60 bits per heavy atom. The summed E-state index contributed by atoms with van der Waals surface area (Å²) in [4.78, 5) is 35.7. The maximum atomic E-state index is 15.0. The summed E-state index contributed by atoms with van der Waals surface area (Å²) in [6, 6.07) is 13.3. The average Bonchev–Trinajstić information content (AvgIpc) is 3.48. The van der Waals surface area contributed by atoms with Gasteiger partial charge in [-0.15, -0.1) is 0 Å². The summed E-state index contributed by atoms with van der Waals surface area (Å²) < 4.78 is 31.0. The number of urea groups is 1. The first-order valence-corrected chi connectivity index (χ1v) is 15.6. The van der Waals surface area contributed by atoms with Gasteiger partial charge in [0, 0.05) is 49.4 Å². The van der Waals surface area contributed by atoms with Gasteiger partial charge in [-0.1, -0.05) is 49.2 Å². The van der Waals surface area contributed by atoms with E-state index in [-0.39, 0.29) is 34.5 Å².